The number of carbonyl (C=O) groups excluding carboxylic acids is 1. The van der Waals surface area contributed by atoms with Crippen LogP contribution in [0.25, 0.3) is 32.6 Å². The van der Waals surface area contributed by atoms with Crippen LogP contribution in [0.3, 0.4) is 0 Å². The summed E-state index contributed by atoms with van der Waals surface area (Å²) in [5, 5.41) is 6.31. The number of rotatable bonds is 5. The Bertz CT molecular complexity index is 1380. The van der Waals surface area contributed by atoms with Crippen LogP contribution in [0.4, 0.5) is 5.69 Å². The highest BCUT2D eigenvalue weighted by atomic mass is 32.1. The Balaban J connectivity index is 1.31. The summed E-state index contributed by atoms with van der Waals surface area (Å²) < 4.78 is 0. The van der Waals surface area contributed by atoms with Gasteiger partial charge in [-0.05, 0) is 35.4 Å². The molecule has 1 heterocycles. The van der Waals surface area contributed by atoms with Gasteiger partial charge in [0.15, 0.2) is 0 Å². The summed E-state index contributed by atoms with van der Waals surface area (Å²) >= 11 is 1.70. The number of nitrogens with one attached hydrogen (secondary N) is 1. The molecule has 4 aromatic carbocycles. The zero-order valence-corrected chi connectivity index (χ0v) is 18.5. The molecule has 0 saturated carbocycles. The summed E-state index contributed by atoms with van der Waals surface area (Å²) in [6, 6.07) is 32.4. The first-order valence-corrected chi connectivity index (χ1v) is 11.4. The summed E-state index contributed by atoms with van der Waals surface area (Å²) in [5.74, 6) is -0.0229. The standard InChI is InChI=1S/C28H22N2OS/c1-19-27(30-28(32-19)22-9-3-2-4-10-22)21-14-16-24(17-15-21)29-26(31)18-23-12-7-11-20-8-5-6-13-25(20)23/h2-17H,18H2,1H3,(H,29,31). The number of hydrogen-bond donors (Lipinski definition) is 1. The van der Waals surface area contributed by atoms with Crippen molar-refractivity contribution in [1.82, 2.24) is 4.98 Å². The van der Waals surface area contributed by atoms with E-state index in [1.54, 1.807) is 11.3 Å². The maximum Gasteiger partial charge on any atom is 0.228 e. The van der Waals surface area contributed by atoms with Gasteiger partial charge in [-0.2, -0.15) is 0 Å². The molecule has 0 aliphatic heterocycles. The molecule has 3 nitrogen and oxygen atoms in total. The molecule has 32 heavy (non-hydrogen) atoms. The molecule has 0 fully saturated rings. The predicted octanol–water partition coefficient (Wildman–Crippen LogP) is 7.12. The van der Waals surface area contributed by atoms with Crippen LogP contribution >= 0.6 is 11.3 Å². The van der Waals surface area contributed by atoms with Crippen molar-refractivity contribution in [2.24, 2.45) is 0 Å². The maximum atomic E-state index is 12.7. The average Bonchev–Trinajstić information content (AvgIpc) is 3.22. The van der Waals surface area contributed by atoms with Crippen molar-refractivity contribution < 1.29 is 4.79 Å². The molecule has 1 N–H and O–H groups in total. The SMILES string of the molecule is Cc1sc(-c2ccccc2)nc1-c1ccc(NC(=O)Cc2cccc3ccccc23)cc1. The molecule has 0 aliphatic rings. The van der Waals surface area contributed by atoms with Crippen molar-refractivity contribution in [3.05, 3.63) is 108 Å². The lowest BCUT2D eigenvalue weighted by molar-refractivity contribution is -0.115. The maximum absolute atomic E-state index is 12.7. The van der Waals surface area contributed by atoms with E-state index in [9.17, 15) is 4.79 Å². The Labute approximate surface area is 191 Å². The van der Waals surface area contributed by atoms with Gasteiger partial charge in [-0.15, -0.1) is 11.3 Å². The monoisotopic (exact) mass is 434 g/mol. The molecule has 0 saturated heterocycles. The molecule has 4 heteroatoms. The third-order valence-corrected chi connectivity index (χ3v) is 6.51. The van der Waals surface area contributed by atoms with E-state index in [4.69, 9.17) is 4.98 Å². The Morgan fingerprint density at radius 2 is 1.53 bits per heavy atom. The number of aryl methyl sites for hydroxylation is 1. The minimum Gasteiger partial charge on any atom is -0.326 e. The van der Waals surface area contributed by atoms with Crippen LogP contribution < -0.4 is 5.32 Å². The van der Waals surface area contributed by atoms with E-state index >= 15 is 0 Å². The van der Waals surface area contributed by atoms with Gasteiger partial charge in [0, 0.05) is 21.7 Å². The third kappa shape index (κ3) is 4.18. The van der Waals surface area contributed by atoms with Crippen LogP contribution in [0.1, 0.15) is 10.4 Å². The van der Waals surface area contributed by atoms with E-state index in [0.717, 1.165) is 43.9 Å². The van der Waals surface area contributed by atoms with Crippen LogP contribution in [0, 0.1) is 6.92 Å². The normalized spacial score (nSPS) is 10.9. The molecule has 0 unspecified atom stereocenters. The molecule has 0 atom stereocenters. The van der Waals surface area contributed by atoms with E-state index in [-0.39, 0.29) is 5.91 Å². The van der Waals surface area contributed by atoms with E-state index in [2.05, 4.69) is 42.6 Å². The summed E-state index contributed by atoms with van der Waals surface area (Å²) in [5.41, 5.74) is 4.98. The van der Waals surface area contributed by atoms with Crippen LogP contribution in [0.2, 0.25) is 0 Å². The first-order chi connectivity index (χ1) is 15.7. The lowest BCUT2D eigenvalue weighted by atomic mass is 10.0. The van der Waals surface area contributed by atoms with Crippen molar-refractivity contribution >= 4 is 33.7 Å². The average molecular weight is 435 g/mol. The fraction of sp³-hybridized carbons (Fsp3) is 0.0714. The number of benzene rings is 4. The number of fused-ring (bicyclic) bond motifs is 1. The van der Waals surface area contributed by atoms with Gasteiger partial charge in [0.05, 0.1) is 12.1 Å². The van der Waals surface area contributed by atoms with Gasteiger partial charge < -0.3 is 5.32 Å². The van der Waals surface area contributed by atoms with Crippen LogP contribution in [0.15, 0.2) is 97.1 Å². The summed E-state index contributed by atoms with van der Waals surface area (Å²) in [6.45, 7) is 2.10. The minimum atomic E-state index is -0.0229. The summed E-state index contributed by atoms with van der Waals surface area (Å²) in [7, 11) is 0. The lowest BCUT2D eigenvalue weighted by Gasteiger charge is -2.09. The lowest BCUT2D eigenvalue weighted by Crippen LogP contribution is -2.14. The van der Waals surface area contributed by atoms with E-state index in [0.29, 0.717) is 6.42 Å². The molecule has 0 radical (unpaired) electrons. The van der Waals surface area contributed by atoms with Crippen molar-refractivity contribution in [1.29, 1.82) is 0 Å². The van der Waals surface area contributed by atoms with Crippen molar-refractivity contribution in [2.75, 3.05) is 5.32 Å². The molecule has 5 rings (SSSR count). The zero-order valence-electron chi connectivity index (χ0n) is 17.7. The third-order valence-electron chi connectivity index (χ3n) is 5.49. The van der Waals surface area contributed by atoms with Gasteiger partial charge in [-0.3, -0.25) is 4.79 Å². The van der Waals surface area contributed by atoms with Gasteiger partial charge in [-0.25, -0.2) is 4.98 Å². The molecule has 0 aliphatic carbocycles. The van der Waals surface area contributed by atoms with Gasteiger partial charge >= 0.3 is 0 Å². The Morgan fingerprint density at radius 3 is 2.34 bits per heavy atom. The van der Waals surface area contributed by atoms with Crippen molar-refractivity contribution in [2.45, 2.75) is 13.3 Å². The van der Waals surface area contributed by atoms with E-state index in [1.807, 2.05) is 66.7 Å². The molecule has 5 aromatic rings. The topological polar surface area (TPSA) is 42.0 Å². The smallest absolute Gasteiger partial charge is 0.228 e. The number of carbonyl (C=O) groups is 1. The first kappa shape index (κ1) is 20.2. The predicted molar refractivity (Wildman–Crippen MR) is 134 cm³/mol. The molecular formula is C28H22N2OS. The number of thiazole rings is 1. The highest BCUT2D eigenvalue weighted by molar-refractivity contribution is 7.15. The van der Waals surface area contributed by atoms with E-state index < -0.39 is 0 Å². The van der Waals surface area contributed by atoms with E-state index in [1.165, 1.54) is 4.88 Å². The van der Waals surface area contributed by atoms with Gasteiger partial charge in [0.25, 0.3) is 0 Å². The van der Waals surface area contributed by atoms with Crippen LogP contribution in [0.5, 0.6) is 0 Å². The van der Waals surface area contributed by atoms with Crippen molar-refractivity contribution in [3.63, 3.8) is 0 Å². The molecule has 156 valence electrons. The largest absolute Gasteiger partial charge is 0.326 e. The number of amides is 1. The number of anilines is 1. The highest BCUT2D eigenvalue weighted by Crippen LogP contribution is 2.33. The molecular weight excluding hydrogens is 412 g/mol. The Kier molecular flexibility index (Phi) is 5.53. The van der Waals surface area contributed by atoms with Gasteiger partial charge in [0.2, 0.25) is 5.91 Å². The second-order valence-corrected chi connectivity index (χ2v) is 8.93. The summed E-state index contributed by atoms with van der Waals surface area (Å²) in [4.78, 5) is 18.7. The second kappa shape index (κ2) is 8.77. The highest BCUT2D eigenvalue weighted by Gasteiger charge is 2.12. The fourth-order valence-corrected chi connectivity index (χ4v) is 4.85. The summed E-state index contributed by atoms with van der Waals surface area (Å²) in [6.07, 6.45) is 0.342. The molecule has 1 aromatic heterocycles. The fourth-order valence-electron chi connectivity index (χ4n) is 3.90. The first-order valence-electron chi connectivity index (χ1n) is 10.6. The number of hydrogen-bond acceptors (Lipinski definition) is 3. The van der Waals surface area contributed by atoms with Crippen molar-refractivity contribution in [3.8, 4) is 21.8 Å². The molecule has 0 bridgehead atoms. The minimum absolute atomic E-state index is 0.0229. The number of nitrogens with zero attached hydrogens (tertiary/aromatic N) is 1. The Hall–Kier alpha value is -3.76. The molecule has 0 spiro atoms. The van der Waals surface area contributed by atoms with Crippen LogP contribution in [-0.2, 0) is 11.2 Å². The molecule has 1 amide bonds. The zero-order chi connectivity index (χ0) is 21.9. The van der Waals surface area contributed by atoms with Gasteiger partial charge in [0.1, 0.15) is 5.01 Å². The number of aromatic nitrogens is 1. The quantitative estimate of drug-likeness (QED) is 0.320. The second-order valence-electron chi connectivity index (χ2n) is 7.73. The van der Waals surface area contributed by atoms with Gasteiger partial charge in [-0.1, -0.05) is 84.9 Å². The Morgan fingerprint density at radius 1 is 0.812 bits per heavy atom. The van der Waals surface area contributed by atoms with Crippen LogP contribution in [-0.4, -0.2) is 10.9 Å².